The molecule has 0 saturated carbocycles. The predicted octanol–water partition coefficient (Wildman–Crippen LogP) is 5.87. The van der Waals surface area contributed by atoms with Crippen molar-refractivity contribution in [2.75, 3.05) is 10.6 Å². The Hall–Kier alpha value is -0.810. The van der Waals surface area contributed by atoms with Crippen molar-refractivity contribution in [2.45, 2.75) is 6.92 Å². The van der Waals surface area contributed by atoms with Gasteiger partial charge in [-0.1, -0.05) is 35.3 Å². The molecule has 0 amide bonds. The first-order valence-corrected chi connectivity index (χ1v) is 7.71. The Balaban J connectivity index is 2.11. The highest BCUT2D eigenvalue weighted by Gasteiger charge is 2.07. The molecule has 0 radical (unpaired) electrons. The van der Waals surface area contributed by atoms with Crippen molar-refractivity contribution in [3.63, 3.8) is 0 Å². The van der Waals surface area contributed by atoms with Crippen molar-refractivity contribution in [3.05, 3.63) is 56.5 Å². The van der Waals surface area contributed by atoms with E-state index in [0.717, 1.165) is 10.2 Å². The summed E-state index contributed by atoms with van der Waals surface area (Å²) in [6, 6.07) is 11.3. The van der Waals surface area contributed by atoms with E-state index in [2.05, 4.69) is 26.6 Å². The quantitative estimate of drug-likeness (QED) is 0.627. The molecule has 0 spiro atoms. The van der Waals surface area contributed by atoms with Gasteiger partial charge in [-0.25, -0.2) is 0 Å². The van der Waals surface area contributed by atoms with Crippen molar-refractivity contribution >= 4 is 67.8 Å². The third kappa shape index (κ3) is 3.85. The molecule has 0 saturated heterocycles. The second kappa shape index (κ2) is 6.76. The van der Waals surface area contributed by atoms with Gasteiger partial charge in [0.1, 0.15) is 0 Å². The van der Waals surface area contributed by atoms with Gasteiger partial charge in [-0.3, -0.25) is 0 Å². The Morgan fingerprint density at radius 2 is 1.80 bits per heavy atom. The molecule has 0 unspecified atom stereocenters. The summed E-state index contributed by atoms with van der Waals surface area (Å²) < 4.78 is 0.943. The lowest BCUT2D eigenvalue weighted by molar-refractivity contribution is 1.44. The molecule has 6 heteroatoms. The van der Waals surface area contributed by atoms with Crippen LogP contribution >= 0.6 is 51.3 Å². The van der Waals surface area contributed by atoms with Gasteiger partial charge in [-0.05, 0) is 64.9 Å². The van der Waals surface area contributed by atoms with Crippen molar-refractivity contribution < 1.29 is 0 Å². The van der Waals surface area contributed by atoms with Crippen LogP contribution < -0.4 is 10.6 Å². The minimum absolute atomic E-state index is 0.443. The third-order valence-corrected chi connectivity index (χ3v) is 4.25. The van der Waals surface area contributed by atoms with Crippen molar-refractivity contribution in [2.24, 2.45) is 0 Å². The molecule has 2 rings (SSSR count). The summed E-state index contributed by atoms with van der Waals surface area (Å²) in [7, 11) is 0. The Morgan fingerprint density at radius 1 is 1.10 bits per heavy atom. The van der Waals surface area contributed by atoms with Crippen LogP contribution in [0.5, 0.6) is 0 Å². The molecule has 20 heavy (non-hydrogen) atoms. The number of hydrogen-bond acceptors (Lipinski definition) is 1. The fourth-order valence-corrected chi connectivity index (χ4v) is 2.76. The van der Waals surface area contributed by atoms with E-state index in [1.165, 1.54) is 5.56 Å². The Bertz CT molecular complexity index is 662. The van der Waals surface area contributed by atoms with Crippen LogP contribution in [0.15, 0.2) is 40.9 Å². The number of benzene rings is 2. The minimum Gasteiger partial charge on any atom is -0.332 e. The lowest BCUT2D eigenvalue weighted by atomic mass is 10.2. The Labute approximate surface area is 141 Å². The van der Waals surface area contributed by atoms with Gasteiger partial charge in [-0.15, -0.1) is 0 Å². The van der Waals surface area contributed by atoms with Gasteiger partial charge in [0.05, 0.1) is 21.4 Å². The zero-order valence-electron chi connectivity index (χ0n) is 10.5. The molecular weight excluding hydrogens is 379 g/mol. The molecule has 0 aliphatic rings. The molecule has 2 aromatic rings. The SMILES string of the molecule is Cc1ccc(NC(=S)Nc2cccc(Cl)c2Cl)c(Br)c1. The molecule has 0 fully saturated rings. The van der Waals surface area contributed by atoms with E-state index in [9.17, 15) is 0 Å². The smallest absolute Gasteiger partial charge is 0.175 e. The third-order valence-electron chi connectivity index (χ3n) is 2.57. The number of nitrogens with one attached hydrogen (secondary N) is 2. The average molecular weight is 390 g/mol. The molecule has 0 atom stereocenters. The predicted molar refractivity (Wildman–Crippen MR) is 95.2 cm³/mol. The summed E-state index contributed by atoms with van der Waals surface area (Å²) in [6.07, 6.45) is 0. The highest BCUT2D eigenvalue weighted by Crippen LogP contribution is 2.30. The monoisotopic (exact) mass is 388 g/mol. The lowest BCUT2D eigenvalue weighted by Crippen LogP contribution is -2.19. The zero-order valence-corrected chi connectivity index (χ0v) is 14.4. The van der Waals surface area contributed by atoms with Crippen LogP contribution in [0.25, 0.3) is 0 Å². The molecule has 0 bridgehead atoms. The summed E-state index contributed by atoms with van der Waals surface area (Å²) in [4.78, 5) is 0. The summed E-state index contributed by atoms with van der Waals surface area (Å²) in [6.45, 7) is 2.02. The number of anilines is 2. The second-order valence-corrected chi connectivity index (χ2v) is 6.21. The highest BCUT2D eigenvalue weighted by atomic mass is 79.9. The van der Waals surface area contributed by atoms with Gasteiger partial charge in [0.15, 0.2) is 5.11 Å². The zero-order chi connectivity index (χ0) is 14.7. The first-order valence-electron chi connectivity index (χ1n) is 5.75. The summed E-state index contributed by atoms with van der Waals surface area (Å²) >= 11 is 20.8. The number of halogens is 3. The molecule has 2 aromatic carbocycles. The number of hydrogen-bond donors (Lipinski definition) is 2. The summed E-state index contributed by atoms with van der Waals surface area (Å²) in [5.41, 5.74) is 2.71. The molecule has 104 valence electrons. The lowest BCUT2D eigenvalue weighted by Gasteiger charge is -2.13. The summed E-state index contributed by atoms with van der Waals surface area (Å²) in [5.74, 6) is 0. The number of aryl methyl sites for hydroxylation is 1. The van der Waals surface area contributed by atoms with Crippen LogP contribution in [0, 0.1) is 6.92 Å². The van der Waals surface area contributed by atoms with Gasteiger partial charge in [0, 0.05) is 4.47 Å². The van der Waals surface area contributed by atoms with Crippen LogP contribution in [0.2, 0.25) is 10.0 Å². The highest BCUT2D eigenvalue weighted by molar-refractivity contribution is 9.10. The first kappa shape index (κ1) is 15.6. The topological polar surface area (TPSA) is 24.1 Å². The average Bonchev–Trinajstić information content (AvgIpc) is 2.38. The van der Waals surface area contributed by atoms with Gasteiger partial charge in [-0.2, -0.15) is 0 Å². The van der Waals surface area contributed by atoms with Crippen molar-refractivity contribution in [3.8, 4) is 0 Å². The van der Waals surface area contributed by atoms with Crippen molar-refractivity contribution in [1.82, 2.24) is 0 Å². The molecule has 2 nitrogen and oxygen atoms in total. The number of rotatable bonds is 2. The minimum atomic E-state index is 0.443. The van der Waals surface area contributed by atoms with Gasteiger partial charge < -0.3 is 10.6 Å². The van der Waals surface area contributed by atoms with E-state index >= 15 is 0 Å². The van der Waals surface area contributed by atoms with E-state index in [0.29, 0.717) is 20.8 Å². The van der Waals surface area contributed by atoms with E-state index < -0.39 is 0 Å². The van der Waals surface area contributed by atoms with Crippen LogP contribution in [-0.2, 0) is 0 Å². The van der Waals surface area contributed by atoms with Crippen LogP contribution in [-0.4, -0.2) is 5.11 Å². The fraction of sp³-hybridized carbons (Fsp3) is 0.0714. The molecule has 2 N–H and O–H groups in total. The normalized spacial score (nSPS) is 10.2. The van der Waals surface area contributed by atoms with Gasteiger partial charge in [0.25, 0.3) is 0 Å². The van der Waals surface area contributed by atoms with E-state index in [1.54, 1.807) is 12.1 Å². The van der Waals surface area contributed by atoms with Crippen molar-refractivity contribution in [1.29, 1.82) is 0 Å². The first-order chi connectivity index (χ1) is 9.47. The van der Waals surface area contributed by atoms with Gasteiger partial charge >= 0.3 is 0 Å². The maximum Gasteiger partial charge on any atom is 0.175 e. The van der Waals surface area contributed by atoms with Crippen LogP contribution in [0.1, 0.15) is 5.56 Å². The van der Waals surface area contributed by atoms with E-state index in [-0.39, 0.29) is 0 Å². The molecule has 0 aliphatic heterocycles. The van der Waals surface area contributed by atoms with Crippen LogP contribution in [0.3, 0.4) is 0 Å². The van der Waals surface area contributed by atoms with E-state index in [1.807, 2.05) is 31.2 Å². The Morgan fingerprint density at radius 3 is 2.50 bits per heavy atom. The fourth-order valence-electron chi connectivity index (χ4n) is 1.60. The van der Waals surface area contributed by atoms with Crippen LogP contribution in [0.4, 0.5) is 11.4 Å². The number of thiocarbonyl (C=S) groups is 1. The molecular formula is C14H11BrCl2N2S. The molecule has 0 aromatic heterocycles. The molecule has 0 aliphatic carbocycles. The Kier molecular flexibility index (Phi) is 5.27. The maximum atomic E-state index is 6.10. The van der Waals surface area contributed by atoms with Gasteiger partial charge in [0.2, 0.25) is 0 Å². The van der Waals surface area contributed by atoms with E-state index in [4.69, 9.17) is 35.4 Å². The second-order valence-electron chi connectivity index (χ2n) is 4.16. The summed E-state index contributed by atoms with van der Waals surface area (Å²) in [5, 5.41) is 7.50. The maximum absolute atomic E-state index is 6.10. The standard InChI is InChI=1S/C14H11BrCl2N2S/c1-8-5-6-11(9(15)7-8)18-14(20)19-12-4-2-3-10(16)13(12)17/h2-7H,1H3,(H2,18,19,20). The largest absolute Gasteiger partial charge is 0.332 e. The molecule has 0 heterocycles.